The normalized spacial score (nSPS) is 13.4. The Bertz CT molecular complexity index is 509. The van der Waals surface area contributed by atoms with Crippen LogP contribution in [0, 0.1) is 6.92 Å². The van der Waals surface area contributed by atoms with Crippen molar-refractivity contribution >= 4 is 0 Å². The molecule has 2 aromatic rings. The van der Waals surface area contributed by atoms with E-state index < -0.39 is 0 Å². The van der Waals surface area contributed by atoms with Crippen molar-refractivity contribution in [2.24, 2.45) is 0 Å². The van der Waals surface area contributed by atoms with Crippen LogP contribution in [0.4, 0.5) is 0 Å². The molecule has 0 aliphatic heterocycles. The molecular weight excluding hydrogens is 232 g/mol. The summed E-state index contributed by atoms with van der Waals surface area (Å²) in [4.78, 5) is 0. The van der Waals surface area contributed by atoms with Crippen LogP contribution in [0.15, 0.2) is 48.5 Å². The number of hydrogen-bond acceptors (Lipinski definition) is 1. The van der Waals surface area contributed by atoms with Gasteiger partial charge in [0.2, 0.25) is 0 Å². The van der Waals surface area contributed by atoms with Crippen LogP contribution in [0.25, 0.3) is 0 Å². The number of aryl methyl sites for hydroxylation is 1. The van der Waals surface area contributed by atoms with E-state index in [0.29, 0.717) is 0 Å². The Labute approximate surface area is 116 Å². The van der Waals surface area contributed by atoms with Crippen LogP contribution in [0.2, 0.25) is 0 Å². The van der Waals surface area contributed by atoms with E-state index in [9.17, 15) is 0 Å². The van der Waals surface area contributed by atoms with Crippen LogP contribution >= 0.6 is 0 Å². The second kappa shape index (κ2) is 6.42. The summed E-state index contributed by atoms with van der Waals surface area (Å²) >= 11 is 0. The molecule has 1 nitrogen and oxygen atoms in total. The van der Waals surface area contributed by atoms with Gasteiger partial charge in [0.05, 0.1) is 0 Å². The topological polar surface area (TPSA) is 9.23 Å². The van der Waals surface area contributed by atoms with Crippen LogP contribution in [0.5, 0.6) is 11.5 Å². The van der Waals surface area contributed by atoms with Crippen LogP contribution < -0.4 is 4.74 Å². The van der Waals surface area contributed by atoms with Crippen LogP contribution in [0.1, 0.15) is 43.7 Å². The van der Waals surface area contributed by atoms with Gasteiger partial charge in [-0.15, -0.1) is 0 Å². The van der Waals surface area contributed by atoms with Gasteiger partial charge in [-0.25, -0.2) is 0 Å². The molecule has 0 bridgehead atoms. The quantitative estimate of drug-likeness (QED) is 0.683. The summed E-state index contributed by atoms with van der Waals surface area (Å²) in [6, 6.07) is 16.6. The average Bonchev–Trinajstić information content (AvgIpc) is 3.26. The largest absolute Gasteiger partial charge is 0.457 e. The number of benzene rings is 2. The highest BCUT2D eigenvalue weighted by molar-refractivity contribution is 5.36. The highest BCUT2D eigenvalue weighted by Gasteiger charge is 2.22. The summed E-state index contributed by atoms with van der Waals surface area (Å²) in [5, 5.41) is 0. The summed E-state index contributed by atoms with van der Waals surface area (Å²) in [7, 11) is 0. The van der Waals surface area contributed by atoms with Gasteiger partial charge in [-0.2, -0.15) is 0 Å². The van der Waals surface area contributed by atoms with Crippen LogP contribution in [-0.2, 0) is 0 Å². The van der Waals surface area contributed by atoms with Gasteiger partial charge >= 0.3 is 0 Å². The number of hydrogen-bond donors (Lipinski definition) is 0. The van der Waals surface area contributed by atoms with Gasteiger partial charge in [0.1, 0.15) is 11.5 Å². The van der Waals surface area contributed by atoms with Crippen molar-refractivity contribution in [2.45, 2.75) is 39.5 Å². The Morgan fingerprint density at radius 3 is 2.16 bits per heavy atom. The van der Waals surface area contributed by atoms with E-state index >= 15 is 0 Å². The predicted octanol–water partition coefficient (Wildman–Crippen LogP) is 5.69. The first-order valence-corrected chi connectivity index (χ1v) is 7.16. The van der Waals surface area contributed by atoms with Crippen molar-refractivity contribution in [1.82, 2.24) is 0 Å². The molecule has 1 fully saturated rings. The van der Waals surface area contributed by atoms with Crippen molar-refractivity contribution in [3.8, 4) is 11.5 Å². The van der Waals surface area contributed by atoms with E-state index in [2.05, 4.69) is 43.3 Å². The van der Waals surface area contributed by atoms with Gasteiger partial charge in [-0.05, 0) is 61.1 Å². The van der Waals surface area contributed by atoms with E-state index in [1.54, 1.807) is 0 Å². The molecule has 0 atom stereocenters. The van der Waals surface area contributed by atoms with Crippen LogP contribution in [-0.4, -0.2) is 0 Å². The Hall–Kier alpha value is -1.76. The molecule has 0 amide bonds. The smallest absolute Gasteiger partial charge is 0.127 e. The summed E-state index contributed by atoms with van der Waals surface area (Å²) in [6.07, 6.45) is 2.69. The van der Waals surface area contributed by atoms with E-state index in [1.165, 1.54) is 24.0 Å². The fourth-order valence-corrected chi connectivity index (χ4v) is 2.04. The maximum absolute atomic E-state index is 5.81. The van der Waals surface area contributed by atoms with Gasteiger partial charge in [-0.1, -0.05) is 38.1 Å². The summed E-state index contributed by atoms with van der Waals surface area (Å²) in [6.45, 7) is 6.07. The first-order chi connectivity index (χ1) is 9.31. The van der Waals surface area contributed by atoms with Crippen LogP contribution in [0.3, 0.4) is 0 Å². The third-order valence-corrected chi connectivity index (χ3v) is 3.15. The van der Waals surface area contributed by atoms with Gasteiger partial charge in [0.25, 0.3) is 0 Å². The lowest BCUT2D eigenvalue weighted by atomic mass is 10.1. The molecule has 0 spiro atoms. The molecule has 1 saturated carbocycles. The molecule has 0 saturated heterocycles. The first-order valence-electron chi connectivity index (χ1n) is 7.16. The lowest BCUT2D eigenvalue weighted by Gasteiger charge is -2.07. The Balaban J connectivity index is 0.000000637. The molecule has 19 heavy (non-hydrogen) atoms. The average molecular weight is 254 g/mol. The van der Waals surface area contributed by atoms with Crippen molar-refractivity contribution in [3.63, 3.8) is 0 Å². The summed E-state index contributed by atoms with van der Waals surface area (Å²) in [5.74, 6) is 2.63. The molecule has 2 aromatic carbocycles. The van der Waals surface area contributed by atoms with Gasteiger partial charge < -0.3 is 4.74 Å². The van der Waals surface area contributed by atoms with E-state index in [0.717, 1.165) is 17.4 Å². The Morgan fingerprint density at radius 2 is 1.58 bits per heavy atom. The Morgan fingerprint density at radius 1 is 0.895 bits per heavy atom. The molecule has 1 aliphatic rings. The minimum atomic E-state index is 0.808. The second-order valence-corrected chi connectivity index (χ2v) is 4.76. The van der Waals surface area contributed by atoms with Crippen molar-refractivity contribution < 1.29 is 4.74 Å². The first kappa shape index (κ1) is 13.7. The molecule has 3 rings (SSSR count). The standard InChI is InChI=1S/C16H16O.C2H6/c1-12-3-2-4-16(11-12)17-15-9-7-14(8-10-15)13-5-6-13;1-2/h2-4,7-11,13H,5-6H2,1H3;1-2H3. The molecule has 0 heterocycles. The molecular formula is C18H22O. The minimum absolute atomic E-state index is 0.808. The third-order valence-electron chi connectivity index (χ3n) is 3.15. The minimum Gasteiger partial charge on any atom is -0.457 e. The van der Waals surface area contributed by atoms with Gasteiger partial charge in [-0.3, -0.25) is 0 Å². The van der Waals surface area contributed by atoms with Gasteiger partial charge in [0.15, 0.2) is 0 Å². The zero-order valence-corrected chi connectivity index (χ0v) is 12.0. The molecule has 1 aliphatic carbocycles. The summed E-state index contributed by atoms with van der Waals surface area (Å²) < 4.78 is 5.81. The maximum atomic E-state index is 5.81. The number of ether oxygens (including phenoxy) is 1. The summed E-state index contributed by atoms with van der Waals surface area (Å²) in [5.41, 5.74) is 2.67. The van der Waals surface area contributed by atoms with Crippen molar-refractivity contribution in [2.75, 3.05) is 0 Å². The fourth-order valence-electron chi connectivity index (χ4n) is 2.04. The maximum Gasteiger partial charge on any atom is 0.127 e. The Kier molecular flexibility index (Phi) is 4.62. The fraction of sp³-hybridized carbons (Fsp3) is 0.333. The predicted molar refractivity (Wildman–Crippen MR) is 81.0 cm³/mol. The van der Waals surface area contributed by atoms with Gasteiger partial charge in [0, 0.05) is 0 Å². The highest BCUT2D eigenvalue weighted by atomic mass is 16.5. The monoisotopic (exact) mass is 254 g/mol. The molecule has 0 unspecified atom stereocenters. The van der Waals surface area contributed by atoms with E-state index in [-0.39, 0.29) is 0 Å². The zero-order chi connectivity index (χ0) is 13.7. The highest BCUT2D eigenvalue weighted by Crippen LogP contribution is 2.40. The molecule has 0 aromatic heterocycles. The number of rotatable bonds is 3. The molecule has 0 radical (unpaired) electrons. The molecule has 0 N–H and O–H groups in total. The van der Waals surface area contributed by atoms with Crippen molar-refractivity contribution in [3.05, 3.63) is 59.7 Å². The molecule has 100 valence electrons. The second-order valence-electron chi connectivity index (χ2n) is 4.76. The lowest BCUT2D eigenvalue weighted by Crippen LogP contribution is -1.85. The van der Waals surface area contributed by atoms with E-state index in [4.69, 9.17) is 4.74 Å². The zero-order valence-electron chi connectivity index (χ0n) is 12.0. The third kappa shape index (κ3) is 3.85. The lowest BCUT2D eigenvalue weighted by molar-refractivity contribution is 0.482. The molecule has 1 heteroatoms. The van der Waals surface area contributed by atoms with E-state index in [1.807, 2.05) is 26.0 Å². The van der Waals surface area contributed by atoms with Crippen molar-refractivity contribution in [1.29, 1.82) is 0 Å². The SMILES string of the molecule is CC.Cc1cccc(Oc2ccc(C3CC3)cc2)c1.